The number of halogens is 1. The van der Waals surface area contributed by atoms with Crippen LogP contribution in [0.4, 0.5) is 0 Å². The van der Waals surface area contributed by atoms with E-state index in [1.54, 1.807) is 0 Å². The Kier molecular flexibility index (Phi) is 3.93. The fourth-order valence-electron chi connectivity index (χ4n) is 3.05. The third-order valence-corrected chi connectivity index (χ3v) is 4.75. The summed E-state index contributed by atoms with van der Waals surface area (Å²) in [7, 11) is 0. The van der Waals surface area contributed by atoms with Gasteiger partial charge in [-0.1, -0.05) is 12.8 Å². The quantitative estimate of drug-likeness (QED) is 0.896. The average molecular weight is 348 g/mol. The summed E-state index contributed by atoms with van der Waals surface area (Å²) in [6, 6.07) is 3.91. The van der Waals surface area contributed by atoms with E-state index < -0.39 is 0 Å². The lowest BCUT2D eigenvalue weighted by Crippen LogP contribution is -2.15. The van der Waals surface area contributed by atoms with Crippen LogP contribution >= 0.6 is 15.9 Å². The van der Waals surface area contributed by atoms with Gasteiger partial charge in [-0.05, 0) is 54.8 Å². The minimum atomic E-state index is -0.103. The molecule has 2 aromatic heterocycles. The Morgan fingerprint density at radius 2 is 1.76 bits per heavy atom. The van der Waals surface area contributed by atoms with Crippen LogP contribution in [0.3, 0.4) is 0 Å². The summed E-state index contributed by atoms with van der Waals surface area (Å²) >= 11 is 3.41. The van der Waals surface area contributed by atoms with E-state index in [0.29, 0.717) is 16.2 Å². The number of aryl methyl sites for hydroxylation is 2. The molecule has 0 bridgehead atoms. The second kappa shape index (κ2) is 5.72. The Labute approximate surface area is 132 Å². The molecule has 1 saturated carbocycles. The molecule has 0 aliphatic heterocycles. The van der Waals surface area contributed by atoms with Crippen molar-refractivity contribution in [3.63, 3.8) is 0 Å². The van der Waals surface area contributed by atoms with Gasteiger partial charge in [0.05, 0.1) is 5.69 Å². The van der Waals surface area contributed by atoms with E-state index in [2.05, 4.69) is 25.9 Å². The molecule has 5 heteroatoms. The van der Waals surface area contributed by atoms with E-state index >= 15 is 0 Å². The van der Waals surface area contributed by atoms with Gasteiger partial charge in [0.1, 0.15) is 10.3 Å². The summed E-state index contributed by atoms with van der Waals surface area (Å²) in [6.07, 6.45) is 4.66. The topological polar surface area (TPSA) is 58.6 Å². The first-order valence-corrected chi connectivity index (χ1v) is 8.09. The number of aromatic amines is 1. The minimum Gasteiger partial charge on any atom is -0.306 e. The van der Waals surface area contributed by atoms with Crippen molar-refractivity contribution < 1.29 is 0 Å². The van der Waals surface area contributed by atoms with Gasteiger partial charge in [0.15, 0.2) is 0 Å². The van der Waals surface area contributed by atoms with Gasteiger partial charge in [-0.25, -0.2) is 4.98 Å². The van der Waals surface area contributed by atoms with Gasteiger partial charge in [-0.3, -0.25) is 9.78 Å². The molecule has 0 radical (unpaired) electrons. The van der Waals surface area contributed by atoms with Gasteiger partial charge >= 0.3 is 0 Å². The molecule has 1 N–H and O–H groups in total. The first kappa shape index (κ1) is 14.4. The fourth-order valence-corrected chi connectivity index (χ4v) is 3.57. The number of H-pyrrole nitrogens is 1. The van der Waals surface area contributed by atoms with Crippen LogP contribution in [0.2, 0.25) is 0 Å². The van der Waals surface area contributed by atoms with Crippen molar-refractivity contribution in [1.29, 1.82) is 0 Å². The monoisotopic (exact) mass is 347 g/mol. The Balaban J connectivity index is 2.12. The molecule has 21 heavy (non-hydrogen) atoms. The number of hydrogen-bond donors (Lipinski definition) is 1. The van der Waals surface area contributed by atoms with Gasteiger partial charge in [0.2, 0.25) is 0 Å². The van der Waals surface area contributed by atoms with Crippen LogP contribution in [0.5, 0.6) is 0 Å². The number of rotatable bonds is 2. The van der Waals surface area contributed by atoms with Gasteiger partial charge in [0, 0.05) is 22.9 Å². The molecule has 1 fully saturated rings. The van der Waals surface area contributed by atoms with Crippen molar-refractivity contribution in [2.75, 3.05) is 0 Å². The number of nitrogens with zero attached hydrogens (tertiary/aromatic N) is 2. The third kappa shape index (κ3) is 2.93. The first-order chi connectivity index (χ1) is 10.0. The van der Waals surface area contributed by atoms with Crippen molar-refractivity contribution in [3.8, 4) is 11.4 Å². The number of nitrogens with one attached hydrogen (secondary N) is 1. The largest absolute Gasteiger partial charge is 0.306 e. The van der Waals surface area contributed by atoms with Crippen molar-refractivity contribution in [1.82, 2.24) is 15.0 Å². The molecular weight excluding hydrogens is 330 g/mol. The number of hydrogen-bond acceptors (Lipinski definition) is 3. The zero-order valence-corrected chi connectivity index (χ0v) is 13.8. The Morgan fingerprint density at radius 1 is 1.14 bits per heavy atom. The number of pyridine rings is 1. The van der Waals surface area contributed by atoms with Gasteiger partial charge in [-0.15, -0.1) is 0 Å². The normalized spacial score (nSPS) is 15.6. The Hall–Kier alpha value is -1.49. The maximum absolute atomic E-state index is 12.2. The second-order valence-corrected chi connectivity index (χ2v) is 6.53. The molecule has 0 amide bonds. The van der Waals surface area contributed by atoms with Gasteiger partial charge in [0.25, 0.3) is 5.56 Å². The zero-order valence-electron chi connectivity index (χ0n) is 12.2. The van der Waals surface area contributed by atoms with Crippen molar-refractivity contribution in [3.05, 3.63) is 44.0 Å². The molecule has 4 nitrogen and oxygen atoms in total. The number of aromatic nitrogens is 3. The maximum atomic E-state index is 12.2. The molecule has 110 valence electrons. The van der Waals surface area contributed by atoms with Crippen LogP contribution in [0.1, 0.15) is 48.7 Å². The van der Waals surface area contributed by atoms with E-state index in [1.165, 1.54) is 12.8 Å². The maximum Gasteiger partial charge on any atom is 0.265 e. The molecule has 0 aromatic carbocycles. The molecule has 2 heterocycles. The smallest absolute Gasteiger partial charge is 0.265 e. The SMILES string of the molecule is Cc1cc(-c2nc(C3CCCC3)c(Br)c(=O)[nH]2)cc(C)n1. The standard InChI is InChI=1S/C16H18BrN3O/c1-9-7-12(8-10(2)18-9)15-19-14(11-5-3-4-6-11)13(17)16(21)20-15/h7-8,11H,3-6H2,1-2H3,(H,19,20,21). The van der Waals surface area contributed by atoms with Crippen LogP contribution in [-0.4, -0.2) is 15.0 Å². The lowest BCUT2D eigenvalue weighted by molar-refractivity contribution is 0.688. The summed E-state index contributed by atoms with van der Waals surface area (Å²) in [4.78, 5) is 24.2. The highest BCUT2D eigenvalue weighted by Gasteiger charge is 2.23. The van der Waals surface area contributed by atoms with E-state index in [0.717, 1.165) is 35.5 Å². The molecule has 1 aliphatic carbocycles. The average Bonchev–Trinajstić information content (AvgIpc) is 2.94. The van der Waals surface area contributed by atoms with Crippen molar-refractivity contribution in [2.45, 2.75) is 45.4 Å². The lowest BCUT2D eigenvalue weighted by Gasteiger charge is -2.12. The van der Waals surface area contributed by atoms with E-state index in [-0.39, 0.29) is 5.56 Å². The van der Waals surface area contributed by atoms with Gasteiger partial charge < -0.3 is 4.98 Å². The van der Waals surface area contributed by atoms with E-state index in [1.807, 2.05) is 26.0 Å². The van der Waals surface area contributed by atoms with E-state index in [9.17, 15) is 4.79 Å². The molecule has 0 saturated heterocycles. The van der Waals surface area contributed by atoms with Gasteiger partial charge in [-0.2, -0.15) is 0 Å². The first-order valence-electron chi connectivity index (χ1n) is 7.30. The Bertz CT molecular complexity index is 713. The van der Waals surface area contributed by atoms with Crippen LogP contribution in [0, 0.1) is 13.8 Å². The highest BCUT2D eigenvalue weighted by Crippen LogP contribution is 2.36. The molecule has 0 spiro atoms. The fraction of sp³-hybridized carbons (Fsp3) is 0.438. The summed E-state index contributed by atoms with van der Waals surface area (Å²) < 4.78 is 0.584. The highest BCUT2D eigenvalue weighted by molar-refractivity contribution is 9.10. The molecule has 2 aromatic rings. The third-order valence-electron chi connectivity index (χ3n) is 3.99. The zero-order chi connectivity index (χ0) is 15.0. The Morgan fingerprint density at radius 3 is 2.38 bits per heavy atom. The van der Waals surface area contributed by atoms with Crippen LogP contribution in [0.25, 0.3) is 11.4 Å². The summed E-state index contributed by atoms with van der Waals surface area (Å²) in [5.41, 5.74) is 3.58. The molecule has 0 atom stereocenters. The van der Waals surface area contributed by atoms with Crippen molar-refractivity contribution >= 4 is 15.9 Å². The summed E-state index contributed by atoms with van der Waals surface area (Å²) in [5, 5.41) is 0. The predicted molar refractivity (Wildman–Crippen MR) is 86.5 cm³/mol. The molecule has 1 aliphatic rings. The van der Waals surface area contributed by atoms with Crippen molar-refractivity contribution in [2.24, 2.45) is 0 Å². The van der Waals surface area contributed by atoms with Crippen LogP contribution in [-0.2, 0) is 0 Å². The lowest BCUT2D eigenvalue weighted by atomic mass is 10.0. The molecule has 0 unspecified atom stereocenters. The molecule has 3 rings (SSSR count). The molecular formula is C16H18BrN3O. The minimum absolute atomic E-state index is 0.103. The van der Waals surface area contributed by atoms with Crippen LogP contribution < -0.4 is 5.56 Å². The predicted octanol–water partition coefficient (Wildman–Crippen LogP) is 3.87. The van der Waals surface area contributed by atoms with E-state index in [4.69, 9.17) is 4.98 Å². The summed E-state index contributed by atoms with van der Waals surface area (Å²) in [6.45, 7) is 3.90. The van der Waals surface area contributed by atoms with Crippen LogP contribution in [0.15, 0.2) is 21.4 Å². The highest BCUT2D eigenvalue weighted by atomic mass is 79.9. The second-order valence-electron chi connectivity index (χ2n) is 5.73. The summed E-state index contributed by atoms with van der Waals surface area (Å²) in [5.74, 6) is 1.03.